The Kier molecular flexibility index (Phi) is 5.45. The third-order valence-corrected chi connectivity index (χ3v) is 7.80. The third kappa shape index (κ3) is 4.39. The van der Waals surface area contributed by atoms with E-state index in [9.17, 15) is 17.6 Å². The highest BCUT2D eigenvalue weighted by molar-refractivity contribution is 9.11. The minimum absolute atomic E-state index is 0.192. The molecule has 0 bridgehead atoms. The zero-order valence-electron chi connectivity index (χ0n) is 13.2. The summed E-state index contributed by atoms with van der Waals surface area (Å²) in [6, 6.07) is 9.36. The quantitative estimate of drug-likeness (QED) is 0.724. The molecule has 1 amide bonds. The van der Waals surface area contributed by atoms with Gasteiger partial charge in [-0.25, -0.2) is 12.8 Å². The van der Waals surface area contributed by atoms with Gasteiger partial charge in [-0.3, -0.25) is 4.79 Å². The van der Waals surface area contributed by atoms with E-state index in [1.165, 1.54) is 18.2 Å². The van der Waals surface area contributed by atoms with Crippen LogP contribution in [0.3, 0.4) is 0 Å². The molecule has 2 aromatic rings. The molecular formula is C16H16BrFN2O3S2. The molecule has 3 rings (SSSR count). The van der Waals surface area contributed by atoms with Gasteiger partial charge in [0.1, 0.15) is 15.8 Å². The molecule has 0 N–H and O–H groups in total. The Hall–Kier alpha value is -1.45. The second-order valence-corrected chi connectivity index (χ2v) is 10.3. The molecule has 134 valence electrons. The van der Waals surface area contributed by atoms with Crippen molar-refractivity contribution in [3.63, 3.8) is 0 Å². The number of hydrogen-bond acceptors (Lipinski definition) is 5. The zero-order valence-corrected chi connectivity index (χ0v) is 16.4. The van der Waals surface area contributed by atoms with Crippen LogP contribution in [0.2, 0.25) is 0 Å². The van der Waals surface area contributed by atoms with Crippen LogP contribution in [0.4, 0.5) is 10.1 Å². The third-order valence-electron chi connectivity index (χ3n) is 3.99. The average molecular weight is 447 g/mol. The number of halogens is 2. The summed E-state index contributed by atoms with van der Waals surface area (Å²) in [6.45, 7) is 2.06. The van der Waals surface area contributed by atoms with Crippen LogP contribution in [0.25, 0.3) is 0 Å². The molecule has 0 aliphatic carbocycles. The molecule has 25 heavy (non-hydrogen) atoms. The highest BCUT2D eigenvalue weighted by Gasteiger charge is 2.27. The average Bonchev–Trinajstić information content (AvgIpc) is 3.03. The molecule has 1 aliphatic heterocycles. The molecule has 0 unspecified atom stereocenters. The molecule has 1 aromatic carbocycles. The maximum Gasteiger partial charge on any atom is 0.238 e. The fourth-order valence-electron chi connectivity index (χ4n) is 2.66. The van der Waals surface area contributed by atoms with Crippen molar-refractivity contribution >= 4 is 48.7 Å². The van der Waals surface area contributed by atoms with E-state index in [2.05, 4.69) is 15.9 Å². The van der Waals surface area contributed by atoms with E-state index < -0.39 is 15.6 Å². The molecule has 9 heteroatoms. The predicted molar refractivity (Wildman–Crippen MR) is 99.3 cm³/mol. The SMILES string of the molecule is O=C(CS(=O)(=O)c1ccc(Br)s1)N1CCN(c2ccc(F)cc2)CC1. The minimum Gasteiger partial charge on any atom is -0.368 e. The number of carbonyl (C=O) groups excluding carboxylic acids is 1. The molecule has 0 atom stereocenters. The van der Waals surface area contributed by atoms with E-state index in [1.807, 2.05) is 4.90 Å². The molecule has 0 radical (unpaired) electrons. The van der Waals surface area contributed by atoms with Crippen LogP contribution in [0.1, 0.15) is 0 Å². The van der Waals surface area contributed by atoms with Crippen LogP contribution >= 0.6 is 27.3 Å². The van der Waals surface area contributed by atoms with Crippen LogP contribution < -0.4 is 4.90 Å². The second kappa shape index (κ2) is 7.43. The van der Waals surface area contributed by atoms with Gasteiger partial charge in [0.2, 0.25) is 5.91 Å². The first-order chi connectivity index (χ1) is 11.8. The van der Waals surface area contributed by atoms with E-state index in [-0.39, 0.29) is 15.9 Å². The van der Waals surface area contributed by atoms with Crippen molar-refractivity contribution in [2.75, 3.05) is 36.8 Å². The van der Waals surface area contributed by atoms with Gasteiger partial charge in [-0.15, -0.1) is 11.3 Å². The Morgan fingerprint density at radius 3 is 2.28 bits per heavy atom. The largest absolute Gasteiger partial charge is 0.368 e. The van der Waals surface area contributed by atoms with Crippen LogP contribution in [-0.4, -0.2) is 51.2 Å². The zero-order chi connectivity index (χ0) is 18.0. The molecule has 5 nitrogen and oxygen atoms in total. The molecule has 0 saturated carbocycles. The lowest BCUT2D eigenvalue weighted by atomic mass is 10.2. The summed E-state index contributed by atoms with van der Waals surface area (Å²) in [5.74, 6) is -1.19. The van der Waals surface area contributed by atoms with Crippen LogP contribution in [0.5, 0.6) is 0 Å². The highest BCUT2D eigenvalue weighted by Crippen LogP contribution is 2.27. The maximum absolute atomic E-state index is 13.0. The summed E-state index contributed by atoms with van der Waals surface area (Å²) in [6.07, 6.45) is 0. The smallest absolute Gasteiger partial charge is 0.238 e. The number of amides is 1. The number of carbonyl (C=O) groups is 1. The topological polar surface area (TPSA) is 57.7 Å². The molecule has 1 aromatic heterocycles. The Morgan fingerprint density at radius 2 is 1.72 bits per heavy atom. The van der Waals surface area contributed by atoms with E-state index in [1.54, 1.807) is 23.1 Å². The number of nitrogens with zero attached hydrogens (tertiary/aromatic N) is 2. The molecule has 2 heterocycles. The number of piperazine rings is 1. The number of anilines is 1. The van der Waals surface area contributed by atoms with Crippen molar-refractivity contribution in [3.8, 4) is 0 Å². The number of sulfone groups is 1. The first-order valence-electron chi connectivity index (χ1n) is 7.61. The van der Waals surface area contributed by atoms with E-state index in [0.29, 0.717) is 30.0 Å². The number of hydrogen-bond donors (Lipinski definition) is 0. The fourth-order valence-corrected chi connectivity index (χ4v) is 5.98. The van der Waals surface area contributed by atoms with Crippen molar-refractivity contribution in [2.24, 2.45) is 0 Å². The first kappa shape index (κ1) is 18.3. The van der Waals surface area contributed by atoms with Crippen molar-refractivity contribution in [1.82, 2.24) is 4.90 Å². The summed E-state index contributed by atoms with van der Waals surface area (Å²) in [7, 11) is -3.62. The summed E-state index contributed by atoms with van der Waals surface area (Å²) in [5, 5.41) is 0. The van der Waals surface area contributed by atoms with Gasteiger partial charge in [-0.05, 0) is 52.3 Å². The Morgan fingerprint density at radius 1 is 1.08 bits per heavy atom. The lowest BCUT2D eigenvalue weighted by molar-refractivity contribution is -0.128. The van der Waals surface area contributed by atoms with Crippen LogP contribution in [0, 0.1) is 5.82 Å². The predicted octanol–water partition coefficient (Wildman–Crippen LogP) is 2.77. The lowest BCUT2D eigenvalue weighted by Gasteiger charge is -2.36. The van der Waals surface area contributed by atoms with Gasteiger partial charge in [0.05, 0.1) is 3.79 Å². The van der Waals surface area contributed by atoms with Crippen molar-refractivity contribution < 1.29 is 17.6 Å². The van der Waals surface area contributed by atoms with E-state index in [0.717, 1.165) is 17.0 Å². The normalized spacial score (nSPS) is 15.4. The minimum atomic E-state index is -3.62. The molecule has 0 spiro atoms. The van der Waals surface area contributed by atoms with Gasteiger partial charge in [0, 0.05) is 31.9 Å². The van der Waals surface area contributed by atoms with Crippen molar-refractivity contribution in [2.45, 2.75) is 4.21 Å². The van der Waals surface area contributed by atoms with Crippen LogP contribution in [-0.2, 0) is 14.6 Å². The summed E-state index contributed by atoms with van der Waals surface area (Å²) >= 11 is 4.33. The number of benzene rings is 1. The van der Waals surface area contributed by atoms with Gasteiger partial charge < -0.3 is 9.80 Å². The maximum atomic E-state index is 13.0. The van der Waals surface area contributed by atoms with E-state index >= 15 is 0 Å². The number of thiophene rings is 1. The summed E-state index contributed by atoms with van der Waals surface area (Å²) in [4.78, 5) is 16.0. The summed E-state index contributed by atoms with van der Waals surface area (Å²) in [5.41, 5.74) is 0.893. The Balaban J connectivity index is 1.59. The highest BCUT2D eigenvalue weighted by atomic mass is 79.9. The molecular weight excluding hydrogens is 431 g/mol. The summed E-state index contributed by atoms with van der Waals surface area (Å²) < 4.78 is 38.5. The van der Waals surface area contributed by atoms with E-state index in [4.69, 9.17) is 0 Å². The van der Waals surface area contributed by atoms with Crippen LogP contribution in [0.15, 0.2) is 44.4 Å². The van der Waals surface area contributed by atoms with Crippen molar-refractivity contribution in [3.05, 3.63) is 46.0 Å². The molecule has 1 saturated heterocycles. The van der Waals surface area contributed by atoms with Gasteiger partial charge >= 0.3 is 0 Å². The standard InChI is InChI=1S/C16H16BrFN2O3S2/c17-14-5-6-16(24-14)25(22,23)11-15(21)20-9-7-19(8-10-20)13-3-1-12(18)2-4-13/h1-6H,7-11H2. The van der Waals surface area contributed by atoms with Gasteiger partial charge in [0.15, 0.2) is 9.84 Å². The number of rotatable bonds is 4. The Labute approximate surface area is 158 Å². The Bertz CT molecular complexity index is 860. The van der Waals surface area contributed by atoms with Gasteiger partial charge in [-0.1, -0.05) is 0 Å². The van der Waals surface area contributed by atoms with Crippen molar-refractivity contribution in [1.29, 1.82) is 0 Å². The lowest BCUT2D eigenvalue weighted by Crippen LogP contribution is -2.50. The van der Waals surface area contributed by atoms with Gasteiger partial charge in [-0.2, -0.15) is 0 Å². The monoisotopic (exact) mass is 446 g/mol. The van der Waals surface area contributed by atoms with Gasteiger partial charge in [0.25, 0.3) is 0 Å². The molecule has 1 aliphatic rings. The fraction of sp³-hybridized carbons (Fsp3) is 0.312. The second-order valence-electron chi connectivity index (χ2n) is 5.66. The molecule has 1 fully saturated rings. The first-order valence-corrected chi connectivity index (χ1v) is 10.9.